The Bertz CT molecular complexity index is 389. The lowest BCUT2D eigenvalue weighted by molar-refractivity contribution is -0.0125. The van der Waals surface area contributed by atoms with Gasteiger partial charge in [0.2, 0.25) is 0 Å². The van der Waals surface area contributed by atoms with E-state index in [4.69, 9.17) is 10.6 Å². The van der Waals surface area contributed by atoms with Crippen LogP contribution in [0.1, 0.15) is 41.7 Å². The highest BCUT2D eigenvalue weighted by molar-refractivity contribution is 5.93. The molecule has 0 unspecified atom stereocenters. The maximum absolute atomic E-state index is 11.8. The van der Waals surface area contributed by atoms with Gasteiger partial charge in [-0.05, 0) is 25.0 Å². The van der Waals surface area contributed by atoms with Crippen molar-refractivity contribution in [3.8, 4) is 0 Å². The summed E-state index contributed by atoms with van der Waals surface area (Å²) in [6.45, 7) is 0.324. The van der Waals surface area contributed by atoms with Crippen LogP contribution in [-0.4, -0.2) is 17.0 Å². The first-order valence-electron chi connectivity index (χ1n) is 5.90. The van der Waals surface area contributed by atoms with Gasteiger partial charge >= 0.3 is 0 Å². The van der Waals surface area contributed by atoms with Gasteiger partial charge in [-0.25, -0.2) is 5.48 Å². The summed E-state index contributed by atoms with van der Waals surface area (Å²) in [4.78, 5) is 21.1. The van der Waals surface area contributed by atoms with Gasteiger partial charge in [-0.2, -0.15) is 0 Å². The number of rotatable bonds is 4. The van der Waals surface area contributed by atoms with Gasteiger partial charge in [0.05, 0.1) is 11.8 Å². The molecule has 1 aromatic heterocycles. The van der Waals surface area contributed by atoms with E-state index in [1.807, 2.05) is 0 Å². The van der Waals surface area contributed by atoms with E-state index in [1.165, 1.54) is 12.8 Å². The molecule has 1 heterocycles. The molecule has 0 saturated heterocycles. The molecule has 0 atom stereocenters. The molecule has 17 heavy (non-hydrogen) atoms. The van der Waals surface area contributed by atoms with Crippen molar-refractivity contribution < 1.29 is 9.63 Å². The molecule has 1 saturated carbocycles. The van der Waals surface area contributed by atoms with E-state index in [1.54, 1.807) is 18.3 Å². The third-order valence-electron chi connectivity index (χ3n) is 2.91. The van der Waals surface area contributed by atoms with Crippen molar-refractivity contribution in [3.63, 3.8) is 0 Å². The van der Waals surface area contributed by atoms with E-state index >= 15 is 0 Å². The molecule has 1 fully saturated rings. The highest BCUT2D eigenvalue weighted by atomic mass is 16.7. The van der Waals surface area contributed by atoms with E-state index in [-0.39, 0.29) is 12.0 Å². The van der Waals surface area contributed by atoms with E-state index in [0.717, 1.165) is 12.8 Å². The molecular weight excluding hydrogens is 218 g/mol. The number of carbonyl (C=O) groups excluding carboxylic acids is 1. The van der Waals surface area contributed by atoms with Gasteiger partial charge in [0.1, 0.15) is 0 Å². The summed E-state index contributed by atoms with van der Waals surface area (Å²) >= 11 is 0. The highest BCUT2D eigenvalue weighted by Crippen LogP contribution is 2.19. The number of aromatic nitrogens is 1. The minimum absolute atomic E-state index is 0.162. The van der Waals surface area contributed by atoms with Crippen molar-refractivity contribution >= 4 is 5.91 Å². The van der Waals surface area contributed by atoms with Crippen LogP contribution in [0.25, 0.3) is 0 Å². The van der Waals surface area contributed by atoms with Crippen molar-refractivity contribution in [1.82, 2.24) is 10.5 Å². The van der Waals surface area contributed by atoms with Gasteiger partial charge < -0.3 is 5.73 Å². The lowest BCUT2D eigenvalue weighted by Crippen LogP contribution is -2.28. The Hall–Kier alpha value is -1.46. The van der Waals surface area contributed by atoms with E-state index in [2.05, 4.69) is 10.5 Å². The van der Waals surface area contributed by atoms with Gasteiger partial charge in [-0.1, -0.05) is 12.8 Å². The summed E-state index contributed by atoms with van der Waals surface area (Å²) in [5.41, 5.74) is 9.17. The number of nitrogens with one attached hydrogen (secondary N) is 1. The molecule has 0 bridgehead atoms. The monoisotopic (exact) mass is 235 g/mol. The lowest BCUT2D eigenvalue weighted by Gasteiger charge is -2.11. The van der Waals surface area contributed by atoms with Crippen LogP contribution in [0.15, 0.2) is 18.3 Å². The molecule has 0 aliphatic heterocycles. The Balaban J connectivity index is 1.89. The third kappa shape index (κ3) is 3.25. The van der Waals surface area contributed by atoms with Crippen molar-refractivity contribution in [2.75, 3.05) is 0 Å². The molecule has 1 aromatic rings. The smallest absolute Gasteiger partial charge is 0.274 e. The number of hydrogen-bond acceptors (Lipinski definition) is 4. The van der Waals surface area contributed by atoms with Crippen molar-refractivity contribution in [1.29, 1.82) is 0 Å². The van der Waals surface area contributed by atoms with E-state index in [0.29, 0.717) is 17.8 Å². The Morgan fingerprint density at radius 3 is 3.00 bits per heavy atom. The molecule has 0 radical (unpaired) electrons. The Kier molecular flexibility index (Phi) is 4.06. The normalized spacial score (nSPS) is 16.1. The topological polar surface area (TPSA) is 77.2 Å². The third-order valence-corrected chi connectivity index (χ3v) is 2.91. The molecule has 0 aromatic carbocycles. The van der Waals surface area contributed by atoms with Crippen LogP contribution in [0.3, 0.4) is 0 Å². The fourth-order valence-corrected chi connectivity index (χ4v) is 1.93. The van der Waals surface area contributed by atoms with Crippen LogP contribution >= 0.6 is 0 Å². The lowest BCUT2D eigenvalue weighted by atomic mass is 10.2. The predicted octanol–water partition coefficient (Wildman–Crippen LogP) is 1.14. The molecule has 1 amide bonds. The second-order valence-corrected chi connectivity index (χ2v) is 4.20. The number of carbonyl (C=O) groups is 1. The predicted molar refractivity (Wildman–Crippen MR) is 62.9 cm³/mol. The summed E-state index contributed by atoms with van der Waals surface area (Å²) in [5.74, 6) is -0.242. The Morgan fingerprint density at radius 1 is 1.53 bits per heavy atom. The highest BCUT2D eigenvalue weighted by Gasteiger charge is 2.17. The molecule has 5 nitrogen and oxygen atoms in total. The number of hydroxylamine groups is 1. The first-order chi connectivity index (χ1) is 8.29. The first-order valence-corrected chi connectivity index (χ1v) is 5.90. The van der Waals surface area contributed by atoms with Crippen LogP contribution in [0.4, 0.5) is 0 Å². The number of nitrogens with zero attached hydrogens (tertiary/aromatic N) is 1. The number of amides is 1. The molecule has 0 spiro atoms. The van der Waals surface area contributed by atoms with Crippen molar-refractivity contribution in [3.05, 3.63) is 29.6 Å². The summed E-state index contributed by atoms with van der Waals surface area (Å²) in [7, 11) is 0. The fourth-order valence-electron chi connectivity index (χ4n) is 1.93. The zero-order chi connectivity index (χ0) is 12.1. The van der Waals surface area contributed by atoms with Crippen LogP contribution < -0.4 is 11.2 Å². The standard InChI is InChI=1S/C12H17N3O2/c13-8-10-7-9(5-6-14-10)12(16)15-17-11-3-1-2-4-11/h5-7,11H,1-4,8,13H2,(H,15,16). The fraction of sp³-hybridized carbons (Fsp3) is 0.500. The van der Waals surface area contributed by atoms with Crippen molar-refractivity contribution in [2.24, 2.45) is 5.73 Å². The maximum atomic E-state index is 11.8. The molecule has 2 rings (SSSR count). The van der Waals surface area contributed by atoms with Gasteiger partial charge in [0.15, 0.2) is 0 Å². The zero-order valence-corrected chi connectivity index (χ0v) is 9.69. The quantitative estimate of drug-likeness (QED) is 0.767. The SMILES string of the molecule is NCc1cc(C(=O)NOC2CCCC2)ccn1. The van der Waals surface area contributed by atoms with E-state index in [9.17, 15) is 4.79 Å². The van der Waals surface area contributed by atoms with Gasteiger partial charge in [0.25, 0.3) is 5.91 Å². The molecular formula is C12H17N3O2. The first kappa shape index (κ1) is 12.0. The Morgan fingerprint density at radius 2 is 2.29 bits per heavy atom. The second kappa shape index (κ2) is 5.75. The summed E-state index contributed by atoms with van der Waals surface area (Å²) in [6, 6.07) is 3.32. The summed E-state index contributed by atoms with van der Waals surface area (Å²) < 4.78 is 0. The minimum atomic E-state index is -0.242. The average molecular weight is 235 g/mol. The van der Waals surface area contributed by atoms with Crippen LogP contribution in [-0.2, 0) is 11.4 Å². The largest absolute Gasteiger partial charge is 0.325 e. The molecule has 3 N–H and O–H groups in total. The zero-order valence-electron chi connectivity index (χ0n) is 9.69. The van der Waals surface area contributed by atoms with Crippen LogP contribution in [0, 0.1) is 0 Å². The van der Waals surface area contributed by atoms with Crippen LogP contribution in [0.5, 0.6) is 0 Å². The maximum Gasteiger partial charge on any atom is 0.274 e. The van der Waals surface area contributed by atoms with Gasteiger partial charge in [-0.3, -0.25) is 14.6 Å². The van der Waals surface area contributed by atoms with Crippen LogP contribution in [0.2, 0.25) is 0 Å². The number of nitrogens with two attached hydrogens (primary N) is 1. The van der Waals surface area contributed by atoms with Crippen molar-refractivity contribution in [2.45, 2.75) is 38.3 Å². The van der Waals surface area contributed by atoms with Gasteiger partial charge in [0, 0.05) is 18.3 Å². The molecule has 1 aliphatic carbocycles. The molecule has 1 aliphatic rings. The minimum Gasteiger partial charge on any atom is -0.325 e. The number of hydrogen-bond donors (Lipinski definition) is 2. The average Bonchev–Trinajstić information content (AvgIpc) is 2.89. The van der Waals surface area contributed by atoms with E-state index < -0.39 is 0 Å². The second-order valence-electron chi connectivity index (χ2n) is 4.20. The summed E-state index contributed by atoms with van der Waals surface area (Å²) in [6.07, 6.45) is 6.12. The summed E-state index contributed by atoms with van der Waals surface area (Å²) in [5, 5.41) is 0. The molecule has 5 heteroatoms. The molecule has 92 valence electrons. The number of pyridine rings is 1. The Labute approximate surface area is 100 Å². The van der Waals surface area contributed by atoms with Gasteiger partial charge in [-0.15, -0.1) is 0 Å².